The number of hydrogen-bond donors (Lipinski definition) is 0. The average molecular weight is 1130 g/mol. The monoisotopic (exact) mass is 1130 g/mol. The maximum absolute atomic E-state index is 7.26. The highest BCUT2D eigenvalue weighted by atomic mass is 32.1. The van der Waals surface area contributed by atoms with Crippen LogP contribution in [-0.2, 0) is 21.7 Å². The smallest absolute Gasteiger partial charge is 0.252 e. The minimum atomic E-state index is -0.181. The van der Waals surface area contributed by atoms with Gasteiger partial charge in [0.25, 0.3) is 6.71 Å². The van der Waals surface area contributed by atoms with Crippen molar-refractivity contribution in [3.05, 3.63) is 198 Å². The van der Waals surface area contributed by atoms with Crippen molar-refractivity contribution >= 4 is 133 Å². The number of rotatable bonds is 4. The van der Waals surface area contributed by atoms with E-state index in [1.54, 1.807) is 0 Å². The number of para-hydroxylation sites is 3. The third-order valence-electron chi connectivity index (χ3n) is 22.6. The van der Waals surface area contributed by atoms with E-state index in [4.69, 9.17) is 4.42 Å². The summed E-state index contributed by atoms with van der Waals surface area (Å²) in [6.07, 6.45) is 9.45. The van der Waals surface area contributed by atoms with Gasteiger partial charge in [-0.3, -0.25) is 0 Å². The van der Waals surface area contributed by atoms with Gasteiger partial charge < -0.3 is 24.0 Å². The number of nitrogens with zero attached hydrogens (tertiary/aromatic N) is 4. The van der Waals surface area contributed by atoms with Crippen LogP contribution in [0.15, 0.2) is 180 Å². The second-order valence-corrected chi connectivity index (χ2v) is 30.1. The van der Waals surface area contributed by atoms with Crippen molar-refractivity contribution in [2.75, 3.05) is 19.6 Å². The molecule has 0 amide bonds. The van der Waals surface area contributed by atoms with E-state index < -0.39 is 0 Å². The molecule has 0 spiro atoms. The average Bonchev–Trinajstić information content (AvgIpc) is 1.70. The molecule has 4 unspecified atom stereocenters. The van der Waals surface area contributed by atoms with Crippen molar-refractivity contribution < 1.29 is 4.42 Å². The number of furan rings is 1. The molecule has 6 aliphatic rings. The predicted molar refractivity (Wildman–Crippen MR) is 364 cm³/mol. The fraction of sp³-hybridized carbons (Fsp3) is 0.308. The van der Waals surface area contributed by atoms with Crippen LogP contribution in [0.4, 0.5) is 56.9 Å². The van der Waals surface area contributed by atoms with Gasteiger partial charge in [-0.2, -0.15) is 0 Å². The van der Waals surface area contributed by atoms with Crippen LogP contribution in [0.25, 0.3) is 42.1 Å². The number of hydrogen-bond acceptors (Lipinski definition) is 6. The highest BCUT2D eigenvalue weighted by Gasteiger charge is 2.60. The lowest BCUT2D eigenvalue weighted by Gasteiger charge is -2.51. The Kier molecular flexibility index (Phi) is 10.6. The molecule has 5 nitrogen and oxygen atoms in total. The summed E-state index contributed by atoms with van der Waals surface area (Å²) in [7, 11) is 0. The standard InChI is InChI=1S/C78H75BN4OS/c1-73(2,3)48-33-37-60-56(43-48)76(8)40-18-20-42-78(76,10)82(60)50-35-36-57-64(45-50)81(63-29-21-25-53-52-23-11-15-30-67(52)84-72(53)63)66-47-51(83-59-27-14-13-26-55(59)75(7)39-17-19-41-77(75,83)9)46-65-71(66)79(57)58-44-49(74(4,5)6)34-38-61(58)80(65)62-28-22-32-69-70(62)54-24-12-16-31-68(54)85-69/h11-16,21-38,43-47H,17-20,39-42H2,1-10H3. The summed E-state index contributed by atoms with van der Waals surface area (Å²) in [4.78, 5) is 11.0. The van der Waals surface area contributed by atoms with E-state index in [0.717, 1.165) is 46.9 Å². The van der Waals surface area contributed by atoms with Gasteiger partial charge in [0, 0.05) is 87.3 Å². The minimum Gasteiger partial charge on any atom is -0.454 e. The first-order valence-corrected chi connectivity index (χ1v) is 32.4. The molecule has 0 saturated heterocycles. The molecule has 4 aliphatic heterocycles. The quantitative estimate of drug-likeness (QED) is 0.164. The lowest BCUT2D eigenvalue weighted by atomic mass is 9.33. The molecular formula is C78H75BN4OS. The molecule has 422 valence electrons. The molecule has 4 atom stereocenters. The first kappa shape index (κ1) is 51.7. The van der Waals surface area contributed by atoms with Crippen LogP contribution in [0.1, 0.15) is 143 Å². The molecule has 2 fully saturated rings. The first-order chi connectivity index (χ1) is 40.9. The highest BCUT2D eigenvalue weighted by Crippen LogP contribution is 2.64. The third-order valence-corrected chi connectivity index (χ3v) is 23.8. The van der Waals surface area contributed by atoms with Gasteiger partial charge in [-0.05, 0) is 162 Å². The summed E-state index contributed by atoms with van der Waals surface area (Å²) in [5.74, 6) is 0. The zero-order valence-electron chi connectivity index (χ0n) is 51.1. The van der Waals surface area contributed by atoms with E-state index >= 15 is 0 Å². The van der Waals surface area contributed by atoms with Crippen molar-refractivity contribution in [3.63, 3.8) is 0 Å². The van der Waals surface area contributed by atoms with Crippen LogP contribution in [0, 0.1) is 0 Å². The molecule has 85 heavy (non-hydrogen) atoms. The Morgan fingerprint density at radius 3 is 1.73 bits per heavy atom. The van der Waals surface area contributed by atoms with Crippen LogP contribution in [0.2, 0.25) is 0 Å². The Morgan fingerprint density at radius 2 is 0.976 bits per heavy atom. The molecule has 9 aromatic carbocycles. The maximum atomic E-state index is 7.26. The fourth-order valence-electron chi connectivity index (χ4n) is 17.8. The largest absolute Gasteiger partial charge is 0.454 e. The van der Waals surface area contributed by atoms with Crippen molar-refractivity contribution in [1.82, 2.24) is 0 Å². The lowest BCUT2D eigenvalue weighted by molar-refractivity contribution is 0.195. The highest BCUT2D eigenvalue weighted by molar-refractivity contribution is 7.26. The SMILES string of the molecule is CC(C)(C)c1ccc2c(c1)B1c3ccc(N4c5ccc(C(C)(C)C)cc5C5(C)CCCCC45C)cc3N(c3cccc4c3oc3ccccc34)c3cc(N4c5ccccc5C5(C)CCCCC45C)cc(c31)N2c1cccc2sc3ccccc3c12. The van der Waals surface area contributed by atoms with E-state index in [1.807, 2.05) is 11.3 Å². The van der Waals surface area contributed by atoms with Crippen molar-refractivity contribution in [2.45, 2.75) is 153 Å². The number of benzene rings is 9. The lowest BCUT2D eigenvalue weighted by Crippen LogP contribution is -2.62. The van der Waals surface area contributed by atoms with Gasteiger partial charge in [-0.15, -0.1) is 11.3 Å². The molecule has 0 radical (unpaired) electrons. The Morgan fingerprint density at radius 1 is 0.424 bits per heavy atom. The third kappa shape index (κ3) is 6.82. The summed E-state index contributed by atoms with van der Waals surface area (Å²) in [5, 5.41) is 4.87. The summed E-state index contributed by atoms with van der Waals surface area (Å²) in [6.45, 7) is 24.5. The summed E-state index contributed by atoms with van der Waals surface area (Å²) < 4.78 is 9.87. The van der Waals surface area contributed by atoms with E-state index in [0.29, 0.717) is 0 Å². The van der Waals surface area contributed by atoms with Crippen LogP contribution < -0.4 is 36.0 Å². The van der Waals surface area contributed by atoms with Gasteiger partial charge >= 0.3 is 0 Å². The van der Waals surface area contributed by atoms with Crippen molar-refractivity contribution in [1.29, 1.82) is 0 Å². The summed E-state index contributed by atoms with van der Waals surface area (Å²) in [5.41, 5.74) is 23.3. The van der Waals surface area contributed by atoms with Crippen LogP contribution in [0.3, 0.4) is 0 Å². The zero-order chi connectivity index (χ0) is 57.9. The molecule has 11 aromatic rings. The molecule has 2 aliphatic carbocycles. The molecule has 2 saturated carbocycles. The predicted octanol–water partition coefficient (Wildman–Crippen LogP) is 20.1. The number of thiophene rings is 1. The minimum absolute atomic E-state index is 0.0325. The Labute approximate surface area is 506 Å². The second-order valence-electron chi connectivity index (χ2n) is 29.1. The van der Waals surface area contributed by atoms with Gasteiger partial charge in [0.05, 0.1) is 22.5 Å². The van der Waals surface area contributed by atoms with Crippen LogP contribution >= 0.6 is 11.3 Å². The molecule has 0 N–H and O–H groups in total. The summed E-state index contributed by atoms with van der Waals surface area (Å²) in [6, 6.07) is 68.9. The molecular weight excluding hydrogens is 1050 g/mol. The topological polar surface area (TPSA) is 26.1 Å². The second kappa shape index (κ2) is 17.5. The molecule has 6 heterocycles. The fourth-order valence-corrected chi connectivity index (χ4v) is 18.9. The number of fused-ring (bicyclic) bond motifs is 16. The van der Waals surface area contributed by atoms with Crippen LogP contribution in [0.5, 0.6) is 0 Å². The Balaban J connectivity index is 1.01. The zero-order valence-corrected chi connectivity index (χ0v) is 51.9. The van der Waals surface area contributed by atoms with Gasteiger partial charge in [0.15, 0.2) is 5.58 Å². The Bertz CT molecular complexity index is 4670. The van der Waals surface area contributed by atoms with Gasteiger partial charge in [-0.1, -0.05) is 184 Å². The van der Waals surface area contributed by atoms with E-state index in [2.05, 4.69) is 265 Å². The van der Waals surface area contributed by atoms with E-state index in [9.17, 15) is 0 Å². The van der Waals surface area contributed by atoms with Gasteiger partial charge in [0.1, 0.15) is 5.58 Å². The summed E-state index contributed by atoms with van der Waals surface area (Å²) >= 11 is 1.90. The van der Waals surface area contributed by atoms with E-state index in [1.165, 1.54) is 142 Å². The molecule has 2 aromatic heterocycles. The molecule has 17 rings (SSSR count). The van der Waals surface area contributed by atoms with E-state index in [-0.39, 0.29) is 39.5 Å². The van der Waals surface area contributed by atoms with Gasteiger partial charge in [0.2, 0.25) is 0 Å². The number of anilines is 10. The first-order valence-electron chi connectivity index (χ1n) is 31.6. The van der Waals surface area contributed by atoms with Crippen molar-refractivity contribution in [3.8, 4) is 0 Å². The van der Waals surface area contributed by atoms with Crippen LogP contribution in [-0.4, -0.2) is 17.8 Å². The maximum Gasteiger partial charge on any atom is 0.252 e. The Hall–Kier alpha value is -7.74. The normalized spacial score (nSPS) is 23.1. The van der Waals surface area contributed by atoms with Gasteiger partial charge in [-0.25, -0.2) is 0 Å². The molecule has 7 heteroatoms. The molecule has 0 bridgehead atoms. The van der Waals surface area contributed by atoms with Crippen molar-refractivity contribution in [2.24, 2.45) is 0 Å².